The van der Waals surface area contributed by atoms with Gasteiger partial charge in [0.05, 0.1) is 17.7 Å². The van der Waals surface area contributed by atoms with E-state index in [0.29, 0.717) is 5.56 Å². The molecule has 11 nitrogen and oxygen atoms in total. The number of ketones is 2. The number of hydrogen-bond donors (Lipinski definition) is 6. The molecule has 0 radical (unpaired) electrons. The fourth-order valence-corrected chi connectivity index (χ4v) is 2.43. The van der Waals surface area contributed by atoms with Gasteiger partial charge in [-0.2, -0.15) is 0 Å². The average molecular weight is 450 g/mol. The number of aliphatic hydroxyl groups is 1. The van der Waals surface area contributed by atoms with E-state index in [4.69, 9.17) is 34.8 Å². The van der Waals surface area contributed by atoms with E-state index in [-0.39, 0.29) is 40.4 Å². The van der Waals surface area contributed by atoms with Crippen molar-refractivity contribution in [3.8, 4) is 11.5 Å². The highest BCUT2D eigenvalue weighted by molar-refractivity contribution is 6.30. The van der Waals surface area contributed by atoms with Crippen molar-refractivity contribution in [1.82, 2.24) is 0 Å². The predicted molar refractivity (Wildman–Crippen MR) is 109 cm³/mol. The molecule has 172 valence electrons. The standard InChI is InChI=1S/C15H10O5.3C2H4O2/c16-6-7-4-9-13(11(18)5-7)15(20)12-8(14(9)19)2-1-3-10(12)17;3*1-2(3)4/h1-5,16-18H,6H2;3*1H3,(H,3,4). The molecule has 0 aliphatic heterocycles. The molecule has 1 aliphatic carbocycles. The molecule has 0 spiro atoms. The van der Waals surface area contributed by atoms with Crippen LogP contribution >= 0.6 is 0 Å². The van der Waals surface area contributed by atoms with Gasteiger partial charge in [-0.25, -0.2) is 0 Å². The molecule has 11 heteroatoms. The van der Waals surface area contributed by atoms with Crippen LogP contribution in [0.4, 0.5) is 0 Å². The van der Waals surface area contributed by atoms with Crippen LogP contribution in [0, 0.1) is 0 Å². The quantitative estimate of drug-likeness (QED) is 0.314. The fourth-order valence-electron chi connectivity index (χ4n) is 2.43. The van der Waals surface area contributed by atoms with E-state index >= 15 is 0 Å². The van der Waals surface area contributed by atoms with Crippen LogP contribution in [0.1, 0.15) is 58.2 Å². The molecular formula is C21H22O11. The second kappa shape index (κ2) is 12.4. The third-order valence-electron chi connectivity index (χ3n) is 3.35. The van der Waals surface area contributed by atoms with Crippen LogP contribution in [-0.4, -0.2) is 60.1 Å². The first-order valence-electron chi connectivity index (χ1n) is 8.71. The normalized spacial score (nSPS) is 10.5. The van der Waals surface area contributed by atoms with Crippen LogP contribution in [0.25, 0.3) is 0 Å². The summed E-state index contributed by atoms with van der Waals surface area (Å²) >= 11 is 0. The summed E-state index contributed by atoms with van der Waals surface area (Å²) in [4.78, 5) is 51.7. The van der Waals surface area contributed by atoms with Crippen molar-refractivity contribution < 1.29 is 54.6 Å². The van der Waals surface area contributed by atoms with Crippen molar-refractivity contribution in [2.24, 2.45) is 0 Å². The van der Waals surface area contributed by atoms with Crippen LogP contribution in [0.2, 0.25) is 0 Å². The molecule has 0 bridgehead atoms. The van der Waals surface area contributed by atoms with Gasteiger partial charge in [0, 0.05) is 31.9 Å². The van der Waals surface area contributed by atoms with Crippen LogP contribution in [0.15, 0.2) is 30.3 Å². The molecule has 1 aliphatic rings. The van der Waals surface area contributed by atoms with Crippen molar-refractivity contribution in [3.63, 3.8) is 0 Å². The van der Waals surface area contributed by atoms with Crippen LogP contribution in [-0.2, 0) is 21.0 Å². The zero-order chi connectivity index (χ0) is 25.2. The SMILES string of the molecule is CC(=O)O.CC(=O)O.CC(=O)O.O=C1c2cccc(O)c2C(=O)c2c(O)cc(CO)cc21. The Hall–Kier alpha value is -4.25. The second-order valence-electron chi connectivity index (χ2n) is 6.11. The number of aliphatic hydroxyl groups excluding tert-OH is 1. The lowest BCUT2D eigenvalue weighted by Gasteiger charge is -2.19. The Morgan fingerprint density at radius 2 is 1.16 bits per heavy atom. The Balaban J connectivity index is 0.000000668. The van der Waals surface area contributed by atoms with Gasteiger partial charge in [0.2, 0.25) is 5.78 Å². The second-order valence-corrected chi connectivity index (χ2v) is 6.11. The number of carboxylic acid groups (broad SMARTS) is 3. The monoisotopic (exact) mass is 450 g/mol. The third-order valence-corrected chi connectivity index (χ3v) is 3.35. The molecule has 32 heavy (non-hydrogen) atoms. The number of aliphatic carboxylic acids is 3. The molecular weight excluding hydrogens is 428 g/mol. The molecule has 3 rings (SSSR count). The van der Waals surface area contributed by atoms with Crippen molar-refractivity contribution in [1.29, 1.82) is 0 Å². The van der Waals surface area contributed by atoms with Crippen LogP contribution < -0.4 is 0 Å². The molecule has 6 N–H and O–H groups in total. The minimum atomic E-state index is -0.833. The maximum Gasteiger partial charge on any atom is 0.300 e. The summed E-state index contributed by atoms with van der Waals surface area (Å²) in [6, 6.07) is 6.84. The molecule has 0 aromatic heterocycles. The number of rotatable bonds is 1. The Bertz CT molecular complexity index is 998. The molecule has 0 amide bonds. The van der Waals surface area contributed by atoms with Gasteiger partial charge in [-0.15, -0.1) is 0 Å². The molecule has 0 unspecified atom stereocenters. The lowest BCUT2D eigenvalue weighted by atomic mass is 9.82. The van der Waals surface area contributed by atoms with Crippen molar-refractivity contribution in [2.45, 2.75) is 27.4 Å². The summed E-state index contributed by atoms with van der Waals surface area (Å²) < 4.78 is 0. The number of carbonyl (C=O) groups excluding carboxylic acids is 2. The maximum atomic E-state index is 12.4. The van der Waals surface area contributed by atoms with E-state index in [0.717, 1.165) is 20.8 Å². The lowest BCUT2D eigenvalue weighted by molar-refractivity contribution is -0.135. The van der Waals surface area contributed by atoms with Gasteiger partial charge in [0.1, 0.15) is 11.5 Å². The van der Waals surface area contributed by atoms with Gasteiger partial charge in [-0.05, 0) is 23.8 Å². The molecule has 2 aromatic rings. The molecule has 0 atom stereocenters. The summed E-state index contributed by atoms with van der Waals surface area (Å²) in [5.41, 5.74) is 0.235. The van der Waals surface area contributed by atoms with Crippen molar-refractivity contribution in [3.05, 3.63) is 58.1 Å². The number of carboxylic acids is 3. The van der Waals surface area contributed by atoms with Crippen molar-refractivity contribution >= 4 is 29.5 Å². The fraction of sp³-hybridized carbons (Fsp3) is 0.190. The first-order chi connectivity index (χ1) is 14.7. The molecule has 0 heterocycles. The maximum absolute atomic E-state index is 12.4. The Morgan fingerprint density at radius 3 is 1.59 bits per heavy atom. The first-order valence-corrected chi connectivity index (χ1v) is 8.71. The highest BCUT2D eigenvalue weighted by Crippen LogP contribution is 2.37. The largest absolute Gasteiger partial charge is 0.507 e. The summed E-state index contributed by atoms with van der Waals surface area (Å²) in [6.45, 7) is 2.90. The van der Waals surface area contributed by atoms with Crippen molar-refractivity contribution in [2.75, 3.05) is 0 Å². The number of phenols is 2. The van der Waals surface area contributed by atoms with Crippen LogP contribution in [0.3, 0.4) is 0 Å². The summed E-state index contributed by atoms with van der Waals surface area (Å²) in [7, 11) is 0. The summed E-state index contributed by atoms with van der Waals surface area (Å²) in [6.07, 6.45) is 0. The number of phenolic OH excluding ortho intramolecular Hbond substituents is 2. The number of fused-ring (bicyclic) bond motifs is 2. The predicted octanol–water partition coefficient (Wildman–Crippen LogP) is 1.64. The minimum absolute atomic E-state index is 0.0390. The lowest BCUT2D eigenvalue weighted by Crippen LogP contribution is -2.21. The third kappa shape index (κ3) is 8.24. The van der Waals surface area contributed by atoms with Gasteiger partial charge in [0.25, 0.3) is 17.9 Å². The van der Waals surface area contributed by atoms with Gasteiger partial charge < -0.3 is 30.6 Å². The van der Waals surface area contributed by atoms with E-state index < -0.39 is 29.5 Å². The molecule has 0 saturated carbocycles. The average Bonchev–Trinajstić information content (AvgIpc) is 2.64. The zero-order valence-electron chi connectivity index (χ0n) is 17.3. The Labute approximate surface area is 181 Å². The van der Waals surface area contributed by atoms with E-state index in [1.165, 1.54) is 30.3 Å². The smallest absolute Gasteiger partial charge is 0.300 e. The molecule has 2 aromatic carbocycles. The minimum Gasteiger partial charge on any atom is -0.507 e. The highest BCUT2D eigenvalue weighted by atomic mass is 16.4. The Kier molecular flexibility index (Phi) is 10.8. The highest BCUT2D eigenvalue weighted by Gasteiger charge is 2.34. The number of aromatic hydroxyl groups is 2. The summed E-state index contributed by atoms with van der Waals surface area (Å²) in [5, 5.41) is 51.0. The van der Waals surface area contributed by atoms with Crippen LogP contribution in [0.5, 0.6) is 11.5 Å². The Morgan fingerprint density at radius 1 is 0.719 bits per heavy atom. The van der Waals surface area contributed by atoms with Gasteiger partial charge in [-0.3, -0.25) is 24.0 Å². The first kappa shape index (κ1) is 27.8. The number of carbonyl (C=O) groups is 5. The molecule has 0 saturated heterocycles. The van der Waals surface area contributed by atoms with Gasteiger partial charge in [-0.1, -0.05) is 12.1 Å². The number of hydrogen-bond acceptors (Lipinski definition) is 8. The number of benzene rings is 2. The zero-order valence-corrected chi connectivity index (χ0v) is 17.3. The topological polar surface area (TPSA) is 207 Å². The van der Waals surface area contributed by atoms with E-state index in [9.17, 15) is 19.8 Å². The van der Waals surface area contributed by atoms with E-state index in [1.54, 1.807) is 0 Å². The van der Waals surface area contributed by atoms with E-state index in [2.05, 4.69) is 0 Å². The van der Waals surface area contributed by atoms with Gasteiger partial charge >= 0.3 is 0 Å². The van der Waals surface area contributed by atoms with Gasteiger partial charge in [0.15, 0.2) is 5.78 Å². The summed E-state index contributed by atoms with van der Waals surface area (Å²) in [5.74, 6) is -4.23. The van der Waals surface area contributed by atoms with E-state index in [1.807, 2.05) is 0 Å². The molecule has 0 fully saturated rings.